The highest BCUT2D eigenvalue weighted by Gasteiger charge is 2.31. The zero-order chi connectivity index (χ0) is 17.6. The minimum absolute atomic E-state index is 0.228. The standard InChI is InChI=1S/C19H15F2N3O/c1-12-11-23(18-5-3-2-4-16(12)18)19(25)17-6-7-24(22-17)15-9-13(20)8-14(21)10-15/h2-10,12H,11H2,1H3. The van der Waals surface area contributed by atoms with E-state index >= 15 is 0 Å². The summed E-state index contributed by atoms with van der Waals surface area (Å²) in [5.41, 5.74) is 2.47. The van der Waals surface area contributed by atoms with Gasteiger partial charge in [-0.1, -0.05) is 25.1 Å². The Kier molecular flexibility index (Phi) is 3.60. The lowest BCUT2D eigenvalue weighted by Gasteiger charge is -2.16. The van der Waals surface area contributed by atoms with Gasteiger partial charge in [0.15, 0.2) is 5.69 Å². The second kappa shape index (κ2) is 5.81. The Balaban J connectivity index is 1.66. The number of anilines is 1. The van der Waals surface area contributed by atoms with Crippen LogP contribution in [0.2, 0.25) is 0 Å². The van der Waals surface area contributed by atoms with Crippen molar-refractivity contribution < 1.29 is 13.6 Å². The SMILES string of the molecule is CC1CN(C(=O)c2ccn(-c3cc(F)cc(F)c3)n2)c2ccccc21. The highest BCUT2D eigenvalue weighted by molar-refractivity contribution is 6.06. The van der Waals surface area contributed by atoms with E-state index in [1.54, 1.807) is 11.0 Å². The quantitative estimate of drug-likeness (QED) is 0.710. The Bertz CT molecular complexity index is 947. The lowest BCUT2D eigenvalue weighted by Crippen LogP contribution is -2.30. The highest BCUT2D eigenvalue weighted by Crippen LogP contribution is 2.36. The molecule has 2 aromatic carbocycles. The van der Waals surface area contributed by atoms with E-state index in [-0.39, 0.29) is 23.2 Å². The van der Waals surface area contributed by atoms with Gasteiger partial charge in [0.25, 0.3) is 5.91 Å². The fourth-order valence-electron chi connectivity index (χ4n) is 3.20. The van der Waals surface area contributed by atoms with Gasteiger partial charge in [-0.3, -0.25) is 4.79 Å². The number of para-hydroxylation sites is 1. The Morgan fingerprint density at radius 3 is 2.60 bits per heavy atom. The number of carbonyl (C=O) groups excluding carboxylic acids is 1. The third-order valence-electron chi connectivity index (χ3n) is 4.38. The molecular weight excluding hydrogens is 324 g/mol. The number of benzene rings is 2. The van der Waals surface area contributed by atoms with Gasteiger partial charge < -0.3 is 4.90 Å². The lowest BCUT2D eigenvalue weighted by atomic mass is 10.0. The van der Waals surface area contributed by atoms with Gasteiger partial charge in [0, 0.05) is 30.4 Å². The summed E-state index contributed by atoms with van der Waals surface area (Å²) in [6.45, 7) is 2.65. The molecule has 0 saturated heterocycles. The molecule has 126 valence electrons. The molecular formula is C19H15F2N3O. The van der Waals surface area contributed by atoms with Crippen molar-refractivity contribution in [2.24, 2.45) is 0 Å². The van der Waals surface area contributed by atoms with Crippen LogP contribution >= 0.6 is 0 Å². The summed E-state index contributed by atoms with van der Waals surface area (Å²) in [5.74, 6) is -1.37. The van der Waals surface area contributed by atoms with E-state index < -0.39 is 11.6 Å². The maximum atomic E-state index is 13.4. The number of aromatic nitrogens is 2. The van der Waals surface area contributed by atoms with Crippen LogP contribution in [0, 0.1) is 11.6 Å². The van der Waals surface area contributed by atoms with E-state index in [0.717, 1.165) is 29.4 Å². The van der Waals surface area contributed by atoms with E-state index in [1.807, 2.05) is 24.3 Å². The third kappa shape index (κ3) is 2.69. The molecule has 0 radical (unpaired) electrons. The predicted octanol–water partition coefficient (Wildman–Crippen LogP) is 3.91. The fraction of sp³-hybridized carbons (Fsp3) is 0.158. The van der Waals surface area contributed by atoms with Gasteiger partial charge >= 0.3 is 0 Å². The van der Waals surface area contributed by atoms with Crippen LogP contribution in [0.25, 0.3) is 5.69 Å². The van der Waals surface area contributed by atoms with Crippen LogP contribution in [0.1, 0.15) is 28.9 Å². The Morgan fingerprint density at radius 1 is 1.12 bits per heavy atom. The molecule has 0 saturated carbocycles. The van der Waals surface area contributed by atoms with Crippen molar-refractivity contribution in [3.8, 4) is 5.69 Å². The molecule has 0 aliphatic carbocycles. The van der Waals surface area contributed by atoms with E-state index in [1.165, 1.54) is 10.9 Å². The van der Waals surface area contributed by atoms with Gasteiger partial charge in [-0.25, -0.2) is 13.5 Å². The number of hydrogen-bond donors (Lipinski definition) is 0. The molecule has 0 fully saturated rings. The first-order valence-corrected chi connectivity index (χ1v) is 7.96. The summed E-state index contributed by atoms with van der Waals surface area (Å²) >= 11 is 0. The molecule has 1 aliphatic heterocycles. The van der Waals surface area contributed by atoms with Gasteiger partial charge in [-0.05, 0) is 29.8 Å². The monoisotopic (exact) mass is 339 g/mol. The topological polar surface area (TPSA) is 38.1 Å². The van der Waals surface area contributed by atoms with E-state index in [2.05, 4.69) is 12.0 Å². The van der Waals surface area contributed by atoms with Crippen LogP contribution in [0.5, 0.6) is 0 Å². The minimum atomic E-state index is -0.694. The number of halogens is 2. The molecule has 0 N–H and O–H groups in total. The highest BCUT2D eigenvalue weighted by atomic mass is 19.1. The third-order valence-corrected chi connectivity index (χ3v) is 4.38. The predicted molar refractivity (Wildman–Crippen MR) is 90.0 cm³/mol. The first-order chi connectivity index (χ1) is 12.0. The van der Waals surface area contributed by atoms with E-state index in [9.17, 15) is 13.6 Å². The van der Waals surface area contributed by atoms with E-state index in [0.29, 0.717) is 6.54 Å². The van der Waals surface area contributed by atoms with Crippen molar-refractivity contribution in [2.75, 3.05) is 11.4 Å². The molecule has 1 unspecified atom stereocenters. The van der Waals surface area contributed by atoms with Crippen LogP contribution in [0.4, 0.5) is 14.5 Å². The molecule has 25 heavy (non-hydrogen) atoms. The number of nitrogens with zero attached hydrogens (tertiary/aromatic N) is 3. The van der Waals surface area contributed by atoms with Crippen molar-refractivity contribution in [2.45, 2.75) is 12.8 Å². The summed E-state index contributed by atoms with van der Waals surface area (Å²) in [6.07, 6.45) is 1.52. The number of fused-ring (bicyclic) bond motifs is 1. The van der Waals surface area contributed by atoms with Crippen LogP contribution in [-0.2, 0) is 0 Å². The molecule has 1 aliphatic rings. The number of carbonyl (C=O) groups is 1. The van der Waals surface area contributed by atoms with Crippen molar-refractivity contribution in [1.29, 1.82) is 0 Å². The summed E-state index contributed by atoms with van der Waals surface area (Å²) in [7, 11) is 0. The Hall–Kier alpha value is -3.02. The van der Waals surface area contributed by atoms with Crippen LogP contribution in [-0.4, -0.2) is 22.2 Å². The van der Waals surface area contributed by atoms with Crippen molar-refractivity contribution in [1.82, 2.24) is 9.78 Å². The summed E-state index contributed by atoms with van der Waals surface area (Å²) in [6, 6.07) is 12.5. The summed E-state index contributed by atoms with van der Waals surface area (Å²) < 4.78 is 28.1. The fourth-order valence-corrected chi connectivity index (χ4v) is 3.20. The molecule has 1 aromatic heterocycles. The van der Waals surface area contributed by atoms with Crippen LogP contribution in [0.15, 0.2) is 54.7 Å². The maximum Gasteiger partial charge on any atom is 0.278 e. The minimum Gasteiger partial charge on any atom is -0.306 e. The molecule has 4 rings (SSSR count). The first-order valence-electron chi connectivity index (χ1n) is 7.96. The average Bonchev–Trinajstić information content (AvgIpc) is 3.19. The lowest BCUT2D eigenvalue weighted by molar-refractivity contribution is 0.0983. The molecule has 1 amide bonds. The first kappa shape index (κ1) is 15.5. The van der Waals surface area contributed by atoms with Crippen molar-refractivity contribution in [3.05, 3.63) is 77.6 Å². The summed E-state index contributed by atoms with van der Waals surface area (Å²) in [4.78, 5) is 14.5. The Morgan fingerprint density at radius 2 is 1.84 bits per heavy atom. The normalized spacial score (nSPS) is 16.1. The van der Waals surface area contributed by atoms with Crippen LogP contribution < -0.4 is 4.90 Å². The van der Waals surface area contributed by atoms with Crippen molar-refractivity contribution in [3.63, 3.8) is 0 Å². The second-order valence-electron chi connectivity index (χ2n) is 6.15. The average molecular weight is 339 g/mol. The molecule has 6 heteroatoms. The van der Waals surface area contributed by atoms with E-state index in [4.69, 9.17) is 0 Å². The molecule has 4 nitrogen and oxygen atoms in total. The van der Waals surface area contributed by atoms with Gasteiger partial charge in [-0.15, -0.1) is 0 Å². The smallest absolute Gasteiger partial charge is 0.278 e. The molecule has 1 atom stereocenters. The maximum absolute atomic E-state index is 13.4. The summed E-state index contributed by atoms with van der Waals surface area (Å²) in [5, 5.41) is 4.20. The molecule has 0 spiro atoms. The molecule has 2 heterocycles. The van der Waals surface area contributed by atoms with Crippen LogP contribution in [0.3, 0.4) is 0 Å². The number of hydrogen-bond acceptors (Lipinski definition) is 2. The molecule has 0 bridgehead atoms. The van der Waals surface area contributed by atoms with Gasteiger partial charge in [0.1, 0.15) is 11.6 Å². The zero-order valence-corrected chi connectivity index (χ0v) is 13.5. The van der Waals surface area contributed by atoms with Gasteiger partial charge in [0.2, 0.25) is 0 Å². The zero-order valence-electron chi connectivity index (χ0n) is 13.5. The molecule has 3 aromatic rings. The largest absolute Gasteiger partial charge is 0.306 e. The van der Waals surface area contributed by atoms with Crippen molar-refractivity contribution >= 4 is 11.6 Å². The van der Waals surface area contributed by atoms with Gasteiger partial charge in [0.05, 0.1) is 5.69 Å². The number of rotatable bonds is 2. The number of amides is 1. The second-order valence-corrected chi connectivity index (χ2v) is 6.15. The van der Waals surface area contributed by atoms with Gasteiger partial charge in [-0.2, -0.15) is 5.10 Å². The Labute approximate surface area is 143 Å².